The van der Waals surface area contributed by atoms with Crippen molar-refractivity contribution in [1.82, 2.24) is 0 Å². The molecule has 0 saturated heterocycles. The summed E-state index contributed by atoms with van der Waals surface area (Å²) in [6.07, 6.45) is 7.44. The van der Waals surface area contributed by atoms with E-state index in [0.717, 1.165) is 32.1 Å². The molecule has 0 bridgehead atoms. The summed E-state index contributed by atoms with van der Waals surface area (Å²) in [6, 6.07) is 0. The maximum Gasteiger partial charge on any atom is 0.155 e. The van der Waals surface area contributed by atoms with Crippen LogP contribution < -0.4 is 0 Å². The van der Waals surface area contributed by atoms with E-state index < -0.39 is 0 Å². The molecule has 0 radical (unpaired) electrons. The summed E-state index contributed by atoms with van der Waals surface area (Å²) in [5, 5.41) is 0. The molecule has 2 heteroatoms. The van der Waals surface area contributed by atoms with Gasteiger partial charge in [0.2, 0.25) is 0 Å². The van der Waals surface area contributed by atoms with Crippen LogP contribution >= 0.6 is 0 Å². The lowest BCUT2D eigenvalue weighted by Crippen LogP contribution is -2.53. The zero-order valence-corrected chi connectivity index (χ0v) is 12.3. The van der Waals surface area contributed by atoms with Crippen molar-refractivity contribution in [1.29, 1.82) is 0 Å². The number of Topliss-reactive ketones (excluding diaryl/α,β-unsaturated/α-hetero) is 1. The van der Waals surface area contributed by atoms with E-state index in [1.807, 2.05) is 6.08 Å². The molecule has 0 N–H and O–H groups in total. The van der Waals surface area contributed by atoms with Crippen LogP contribution in [0.5, 0.6) is 0 Å². The van der Waals surface area contributed by atoms with Gasteiger partial charge in [-0.2, -0.15) is 0 Å². The van der Waals surface area contributed by atoms with Crippen LogP contribution in [-0.2, 0) is 9.59 Å². The Morgan fingerprint density at radius 3 is 2.53 bits per heavy atom. The maximum absolute atomic E-state index is 12.3. The standard InChI is InChI=1S/C17H24O2/c1-16(2)14-7-4-11-10-12(18)5-6-13(11)17(14,3)9-8-15(16)19/h10,13-14H,4-9H2,1-3H3. The first-order valence-corrected chi connectivity index (χ1v) is 7.62. The fourth-order valence-corrected chi connectivity index (χ4v) is 5.17. The normalized spacial score (nSPS) is 41.3. The number of hydrogen-bond donors (Lipinski definition) is 0. The van der Waals surface area contributed by atoms with Gasteiger partial charge in [0.05, 0.1) is 0 Å². The summed E-state index contributed by atoms with van der Waals surface area (Å²) in [7, 11) is 0. The second kappa shape index (κ2) is 4.04. The molecule has 3 rings (SSSR count). The molecule has 2 saturated carbocycles. The van der Waals surface area contributed by atoms with Crippen molar-refractivity contribution in [2.75, 3.05) is 0 Å². The van der Waals surface area contributed by atoms with Gasteiger partial charge in [0, 0.05) is 18.3 Å². The topological polar surface area (TPSA) is 34.1 Å². The van der Waals surface area contributed by atoms with Gasteiger partial charge >= 0.3 is 0 Å². The van der Waals surface area contributed by atoms with Crippen LogP contribution in [0.2, 0.25) is 0 Å². The lowest BCUT2D eigenvalue weighted by molar-refractivity contribution is -0.145. The van der Waals surface area contributed by atoms with E-state index in [9.17, 15) is 9.59 Å². The Hall–Kier alpha value is -0.920. The fraction of sp³-hybridized carbons (Fsp3) is 0.765. The Bertz CT molecular complexity index is 472. The molecule has 0 spiro atoms. The predicted molar refractivity (Wildman–Crippen MR) is 74.7 cm³/mol. The second-order valence-electron chi connectivity index (χ2n) is 7.52. The van der Waals surface area contributed by atoms with E-state index in [2.05, 4.69) is 20.8 Å². The first-order chi connectivity index (χ1) is 8.85. The van der Waals surface area contributed by atoms with Crippen molar-refractivity contribution in [3.63, 3.8) is 0 Å². The molecule has 0 aliphatic heterocycles. The highest BCUT2D eigenvalue weighted by Crippen LogP contribution is 2.61. The van der Waals surface area contributed by atoms with Crippen LogP contribution in [-0.4, -0.2) is 11.6 Å². The molecule has 3 aliphatic carbocycles. The van der Waals surface area contributed by atoms with Crippen LogP contribution in [0.15, 0.2) is 11.6 Å². The van der Waals surface area contributed by atoms with Gasteiger partial charge in [-0.3, -0.25) is 9.59 Å². The summed E-state index contributed by atoms with van der Waals surface area (Å²) in [5.41, 5.74) is 1.42. The second-order valence-corrected chi connectivity index (χ2v) is 7.52. The van der Waals surface area contributed by atoms with Gasteiger partial charge in [0.1, 0.15) is 5.78 Å². The van der Waals surface area contributed by atoms with E-state index in [1.165, 1.54) is 5.57 Å². The molecule has 0 heterocycles. The Labute approximate surface area is 115 Å². The summed E-state index contributed by atoms with van der Waals surface area (Å²) in [6.45, 7) is 6.65. The summed E-state index contributed by atoms with van der Waals surface area (Å²) >= 11 is 0. The van der Waals surface area contributed by atoms with Crippen LogP contribution in [0.3, 0.4) is 0 Å². The Kier molecular flexibility index (Phi) is 2.78. The molecule has 0 aromatic rings. The maximum atomic E-state index is 12.3. The smallest absolute Gasteiger partial charge is 0.155 e. The lowest BCUT2D eigenvalue weighted by atomic mass is 9.46. The van der Waals surface area contributed by atoms with Crippen LogP contribution in [0.25, 0.3) is 0 Å². The average molecular weight is 260 g/mol. The molecule has 3 unspecified atom stereocenters. The number of fused-ring (bicyclic) bond motifs is 3. The highest BCUT2D eigenvalue weighted by Gasteiger charge is 2.56. The number of ketones is 2. The largest absolute Gasteiger partial charge is 0.299 e. The summed E-state index contributed by atoms with van der Waals surface area (Å²) < 4.78 is 0. The minimum atomic E-state index is -0.181. The third-order valence-electron chi connectivity index (χ3n) is 6.27. The zero-order chi connectivity index (χ0) is 13.8. The van der Waals surface area contributed by atoms with Crippen molar-refractivity contribution < 1.29 is 9.59 Å². The van der Waals surface area contributed by atoms with E-state index >= 15 is 0 Å². The SMILES string of the molecule is CC1(C)C(=O)CCC2(C)C3CCC(=O)C=C3CCC12. The third kappa shape index (κ3) is 1.75. The quantitative estimate of drug-likeness (QED) is 0.665. The van der Waals surface area contributed by atoms with Crippen molar-refractivity contribution in [2.45, 2.75) is 59.3 Å². The highest BCUT2D eigenvalue weighted by atomic mass is 16.1. The Morgan fingerprint density at radius 2 is 1.79 bits per heavy atom. The molecular weight excluding hydrogens is 236 g/mol. The van der Waals surface area contributed by atoms with Gasteiger partial charge in [0.25, 0.3) is 0 Å². The fourth-order valence-electron chi connectivity index (χ4n) is 5.17. The average Bonchev–Trinajstić information content (AvgIpc) is 2.34. The number of rotatable bonds is 0. The number of hydrogen-bond acceptors (Lipinski definition) is 2. The number of allylic oxidation sites excluding steroid dienone is 2. The van der Waals surface area contributed by atoms with E-state index in [1.54, 1.807) is 0 Å². The highest BCUT2D eigenvalue weighted by molar-refractivity contribution is 5.91. The van der Waals surface area contributed by atoms with Crippen LogP contribution in [0.1, 0.15) is 59.3 Å². The predicted octanol–water partition coefficient (Wildman–Crippen LogP) is 3.70. The molecule has 3 atom stereocenters. The van der Waals surface area contributed by atoms with Crippen LogP contribution in [0, 0.1) is 22.7 Å². The minimum absolute atomic E-state index is 0.181. The van der Waals surface area contributed by atoms with E-state index in [0.29, 0.717) is 29.8 Å². The van der Waals surface area contributed by atoms with Crippen molar-refractivity contribution in [3.8, 4) is 0 Å². The van der Waals surface area contributed by atoms with Crippen molar-refractivity contribution in [2.24, 2.45) is 22.7 Å². The molecule has 104 valence electrons. The van der Waals surface area contributed by atoms with Crippen molar-refractivity contribution in [3.05, 3.63) is 11.6 Å². The number of carbonyl (C=O) groups excluding carboxylic acids is 2. The summed E-state index contributed by atoms with van der Waals surface area (Å²) in [4.78, 5) is 23.9. The molecule has 0 amide bonds. The van der Waals surface area contributed by atoms with E-state index in [-0.39, 0.29) is 10.8 Å². The third-order valence-corrected chi connectivity index (χ3v) is 6.27. The monoisotopic (exact) mass is 260 g/mol. The van der Waals surface area contributed by atoms with Gasteiger partial charge in [-0.15, -0.1) is 0 Å². The molecule has 2 nitrogen and oxygen atoms in total. The zero-order valence-electron chi connectivity index (χ0n) is 12.3. The molecule has 19 heavy (non-hydrogen) atoms. The van der Waals surface area contributed by atoms with Gasteiger partial charge in [-0.05, 0) is 49.0 Å². The molecule has 0 aromatic heterocycles. The van der Waals surface area contributed by atoms with Gasteiger partial charge in [-0.1, -0.05) is 26.3 Å². The first kappa shape index (κ1) is 13.1. The molecule has 0 aromatic carbocycles. The summed E-state index contributed by atoms with van der Waals surface area (Å²) in [5.74, 6) is 1.77. The number of carbonyl (C=O) groups is 2. The van der Waals surface area contributed by atoms with Gasteiger partial charge < -0.3 is 0 Å². The lowest BCUT2D eigenvalue weighted by Gasteiger charge is -2.57. The van der Waals surface area contributed by atoms with Gasteiger partial charge in [0.15, 0.2) is 5.78 Å². The first-order valence-electron chi connectivity index (χ1n) is 7.62. The van der Waals surface area contributed by atoms with Crippen LogP contribution in [0.4, 0.5) is 0 Å². The van der Waals surface area contributed by atoms with Crippen molar-refractivity contribution >= 4 is 11.6 Å². The Morgan fingerprint density at radius 1 is 1.05 bits per heavy atom. The Balaban J connectivity index is 2.01. The minimum Gasteiger partial charge on any atom is -0.299 e. The molecule has 2 fully saturated rings. The molecule has 3 aliphatic rings. The molecular formula is C17H24O2. The van der Waals surface area contributed by atoms with Gasteiger partial charge in [-0.25, -0.2) is 0 Å². The van der Waals surface area contributed by atoms with E-state index in [4.69, 9.17) is 0 Å².